The molecule has 0 bridgehead atoms. The van der Waals surface area contributed by atoms with Gasteiger partial charge in [-0.1, -0.05) is 0 Å². The summed E-state index contributed by atoms with van der Waals surface area (Å²) in [5.41, 5.74) is 0. The first-order valence-electron chi connectivity index (χ1n) is 7.24. The van der Waals surface area contributed by atoms with E-state index in [1.54, 1.807) is 0 Å². The quantitative estimate of drug-likeness (QED) is 0.203. The monoisotopic (exact) mass is 522 g/mol. The van der Waals surface area contributed by atoms with E-state index in [2.05, 4.69) is 4.74 Å². The molecule has 0 amide bonds. The minimum absolute atomic E-state index is 1.48. The van der Waals surface area contributed by atoms with E-state index in [1.165, 1.54) is 0 Å². The van der Waals surface area contributed by atoms with E-state index >= 15 is 0 Å². The van der Waals surface area contributed by atoms with Gasteiger partial charge >= 0.3 is 53.8 Å². The molecule has 0 rings (SSSR count). The highest BCUT2D eigenvalue weighted by molar-refractivity contribution is 5.56. The molecule has 0 aromatic heterocycles. The molecule has 0 unspecified atom stereocenters. The van der Waals surface area contributed by atoms with Crippen molar-refractivity contribution in [2.75, 3.05) is 6.61 Å². The van der Waals surface area contributed by atoms with Crippen LogP contribution < -0.4 is 0 Å². The maximum absolute atomic E-state index is 13.4. The highest BCUT2D eigenvalue weighted by atomic mass is 19.4. The molecule has 0 aliphatic heterocycles. The van der Waals surface area contributed by atoms with Gasteiger partial charge < -0.3 is 9.84 Å². The smallest absolute Gasteiger partial charge is 0.450 e. The highest BCUT2D eigenvalue weighted by Crippen LogP contribution is 2.64. The average molecular weight is 522 g/mol. The van der Waals surface area contributed by atoms with Crippen molar-refractivity contribution in [1.82, 2.24) is 0 Å². The Morgan fingerprint density at radius 2 is 0.875 bits per heavy atom. The summed E-state index contributed by atoms with van der Waals surface area (Å²) in [6.07, 6.45) is -14.4. The number of rotatable bonds is 10. The first kappa shape index (κ1) is 30.1. The van der Waals surface area contributed by atoms with Gasteiger partial charge in [0.2, 0.25) is 0 Å². The number of carboxylic acid groups (broad SMARTS) is 1. The van der Waals surface area contributed by atoms with Gasteiger partial charge in [-0.3, -0.25) is 0 Å². The summed E-state index contributed by atoms with van der Waals surface area (Å²) >= 11 is 0. The summed E-state index contributed by atoms with van der Waals surface area (Å²) in [6.45, 7) is -1.48. The molecule has 0 aliphatic carbocycles. The van der Waals surface area contributed by atoms with Crippen molar-refractivity contribution in [3.05, 3.63) is 0 Å². The van der Waals surface area contributed by atoms with Crippen LogP contribution in [0.3, 0.4) is 0 Å². The van der Waals surface area contributed by atoms with Gasteiger partial charge in [0.1, 0.15) is 0 Å². The molecule has 1 N–H and O–H groups in total. The second kappa shape index (κ2) is 8.14. The average Bonchev–Trinajstić information content (AvgIpc) is 2.56. The van der Waals surface area contributed by atoms with Crippen molar-refractivity contribution >= 4 is 6.16 Å². The van der Waals surface area contributed by atoms with Crippen LogP contribution in [-0.2, 0) is 4.74 Å². The summed E-state index contributed by atoms with van der Waals surface area (Å²) in [5, 5.41) is 7.95. The molecule has 0 heterocycles. The maximum atomic E-state index is 13.4. The molecular formula is C12H7F17O3. The van der Waals surface area contributed by atoms with E-state index in [9.17, 15) is 79.4 Å². The zero-order valence-electron chi connectivity index (χ0n) is 14.3. The first-order chi connectivity index (χ1) is 13.7. The van der Waals surface area contributed by atoms with Crippen LogP contribution >= 0.6 is 0 Å². The van der Waals surface area contributed by atoms with Crippen molar-refractivity contribution in [3.8, 4) is 0 Å². The second-order valence-electron chi connectivity index (χ2n) is 5.87. The van der Waals surface area contributed by atoms with Crippen LogP contribution in [0.4, 0.5) is 79.4 Å². The van der Waals surface area contributed by atoms with Gasteiger partial charge in [-0.25, -0.2) is 4.79 Å². The zero-order chi connectivity index (χ0) is 26.4. The zero-order valence-corrected chi connectivity index (χ0v) is 14.3. The molecule has 0 aliphatic rings. The summed E-state index contributed by atoms with van der Waals surface area (Å²) in [7, 11) is 0. The molecule has 0 saturated carbocycles. The van der Waals surface area contributed by atoms with Crippen LogP contribution in [0.1, 0.15) is 12.8 Å². The number of alkyl halides is 17. The van der Waals surface area contributed by atoms with E-state index in [0.717, 1.165) is 0 Å². The lowest BCUT2D eigenvalue weighted by molar-refractivity contribution is -0.461. The van der Waals surface area contributed by atoms with Crippen LogP contribution in [-0.4, -0.2) is 65.5 Å². The molecule has 20 heteroatoms. The van der Waals surface area contributed by atoms with Gasteiger partial charge in [-0.15, -0.1) is 0 Å². The molecule has 192 valence electrons. The largest absolute Gasteiger partial charge is 0.505 e. The molecule has 0 radical (unpaired) electrons. The van der Waals surface area contributed by atoms with E-state index in [0.29, 0.717) is 0 Å². The summed E-state index contributed by atoms with van der Waals surface area (Å²) in [5.74, 6) is -56.7. The topological polar surface area (TPSA) is 46.5 Å². The lowest BCUT2D eigenvalue weighted by Crippen LogP contribution is -2.74. The Kier molecular flexibility index (Phi) is 7.65. The first-order valence-corrected chi connectivity index (χ1v) is 7.24. The fraction of sp³-hybridized carbons (Fsp3) is 0.917. The molecule has 0 atom stereocenters. The summed E-state index contributed by atoms with van der Waals surface area (Å²) in [6, 6.07) is 0. The lowest BCUT2D eigenvalue weighted by atomic mass is 9.88. The summed E-state index contributed by atoms with van der Waals surface area (Å²) in [4.78, 5) is 9.89. The highest BCUT2D eigenvalue weighted by Gasteiger charge is 2.95. The SMILES string of the molecule is O=C(O)OCCCC(F)(F)C(F)(F)C(F)(F)C(F)(F)C(F)(F)C(F)(F)C(F)(F)C(F)(F)F. The minimum atomic E-state index is -8.67. The van der Waals surface area contributed by atoms with Gasteiger partial charge in [0.25, 0.3) is 0 Å². The normalized spacial score (nSPS) is 15.7. The fourth-order valence-corrected chi connectivity index (χ4v) is 1.81. The molecule has 0 fully saturated rings. The predicted octanol–water partition coefficient (Wildman–Crippen LogP) is 6.47. The van der Waals surface area contributed by atoms with Crippen LogP contribution in [0.15, 0.2) is 0 Å². The van der Waals surface area contributed by atoms with E-state index in [1.807, 2.05) is 0 Å². The van der Waals surface area contributed by atoms with Crippen molar-refractivity contribution in [2.24, 2.45) is 0 Å². The van der Waals surface area contributed by atoms with Gasteiger partial charge in [0, 0.05) is 6.42 Å². The Hall–Kier alpha value is -1.92. The third-order valence-corrected chi connectivity index (χ3v) is 3.65. The van der Waals surface area contributed by atoms with Crippen LogP contribution in [0.5, 0.6) is 0 Å². The van der Waals surface area contributed by atoms with Crippen LogP contribution in [0.25, 0.3) is 0 Å². The lowest BCUT2D eigenvalue weighted by Gasteiger charge is -2.42. The number of carbonyl (C=O) groups is 1. The number of hydrogen-bond acceptors (Lipinski definition) is 2. The fourth-order valence-electron chi connectivity index (χ4n) is 1.81. The maximum Gasteiger partial charge on any atom is 0.505 e. The standard InChI is InChI=1S/C12H7F17O3/c13-5(14,2-1-3-32-4(30)31)6(15,16)7(17,18)8(19,20)9(21,22)10(23,24)11(25,26)12(27,28)29/h1-3H2,(H,30,31). The van der Waals surface area contributed by atoms with Gasteiger partial charge in [0.15, 0.2) is 0 Å². The molecular weight excluding hydrogens is 515 g/mol. The molecule has 0 aromatic rings. The van der Waals surface area contributed by atoms with E-state index < -0.39 is 73.2 Å². The number of ether oxygens (including phenoxy) is 1. The second-order valence-corrected chi connectivity index (χ2v) is 5.87. The van der Waals surface area contributed by atoms with Gasteiger partial charge in [0.05, 0.1) is 6.61 Å². The Morgan fingerprint density at radius 3 is 1.19 bits per heavy atom. The van der Waals surface area contributed by atoms with Crippen LogP contribution in [0, 0.1) is 0 Å². The third kappa shape index (κ3) is 4.32. The van der Waals surface area contributed by atoms with Gasteiger partial charge in [-0.05, 0) is 6.42 Å². The summed E-state index contributed by atoms with van der Waals surface area (Å²) < 4.78 is 223. The van der Waals surface area contributed by atoms with Crippen molar-refractivity contribution in [1.29, 1.82) is 0 Å². The molecule has 0 saturated heterocycles. The predicted molar refractivity (Wildman–Crippen MR) is 63.9 cm³/mol. The molecule has 0 spiro atoms. The molecule has 0 aromatic carbocycles. The van der Waals surface area contributed by atoms with Crippen molar-refractivity contribution in [3.63, 3.8) is 0 Å². The van der Waals surface area contributed by atoms with Crippen LogP contribution in [0.2, 0.25) is 0 Å². The van der Waals surface area contributed by atoms with Crippen molar-refractivity contribution in [2.45, 2.75) is 60.5 Å². The van der Waals surface area contributed by atoms with E-state index in [-0.39, 0.29) is 0 Å². The minimum Gasteiger partial charge on any atom is -0.450 e. The van der Waals surface area contributed by atoms with E-state index in [4.69, 9.17) is 5.11 Å². The number of halogens is 17. The third-order valence-electron chi connectivity index (χ3n) is 3.65. The molecule has 3 nitrogen and oxygen atoms in total. The Morgan fingerprint density at radius 1 is 0.562 bits per heavy atom. The Bertz CT molecular complexity index is 681. The number of hydrogen-bond donors (Lipinski definition) is 1. The molecule has 32 heavy (non-hydrogen) atoms. The van der Waals surface area contributed by atoms with Gasteiger partial charge in [-0.2, -0.15) is 74.6 Å². The van der Waals surface area contributed by atoms with Crippen molar-refractivity contribution < 1.29 is 89.3 Å². The Balaban J connectivity index is 6.33. The Labute approximate surface area is 164 Å².